The Morgan fingerprint density at radius 1 is 1.38 bits per heavy atom. The van der Waals surface area contributed by atoms with Gasteiger partial charge in [-0.3, -0.25) is 14.8 Å². The van der Waals surface area contributed by atoms with E-state index in [1.807, 2.05) is 6.92 Å². The second-order valence-corrected chi connectivity index (χ2v) is 5.48. The molecule has 8 heteroatoms. The Morgan fingerprint density at radius 3 is 2.86 bits per heavy atom. The molecule has 3 rings (SSSR count). The highest BCUT2D eigenvalue weighted by atomic mass is 35.5. The number of aromatic nitrogens is 4. The van der Waals surface area contributed by atoms with Crippen molar-refractivity contribution in [2.45, 2.75) is 6.92 Å². The molecule has 6 nitrogen and oxygen atoms in total. The van der Waals surface area contributed by atoms with Crippen LogP contribution in [0.2, 0.25) is 5.15 Å². The van der Waals surface area contributed by atoms with Crippen LogP contribution in [0.5, 0.6) is 0 Å². The first-order chi connectivity index (χ1) is 9.99. The van der Waals surface area contributed by atoms with Crippen LogP contribution in [-0.2, 0) is 0 Å². The van der Waals surface area contributed by atoms with E-state index >= 15 is 0 Å². The summed E-state index contributed by atoms with van der Waals surface area (Å²) < 4.78 is 1.30. The molecule has 0 saturated heterocycles. The first-order valence-corrected chi connectivity index (χ1v) is 6.96. The van der Waals surface area contributed by atoms with E-state index in [0.29, 0.717) is 11.0 Å². The van der Waals surface area contributed by atoms with E-state index in [2.05, 4.69) is 24.2 Å². The van der Waals surface area contributed by atoms with Gasteiger partial charge in [-0.1, -0.05) is 11.6 Å². The van der Waals surface area contributed by atoms with Crippen LogP contribution in [-0.4, -0.2) is 19.5 Å². The maximum atomic E-state index is 12.2. The topological polar surface area (TPSA) is 80.6 Å². The molecular formula is C13H10ClN4O2P. The van der Waals surface area contributed by atoms with Gasteiger partial charge in [-0.15, -0.1) is 9.24 Å². The molecule has 1 atom stereocenters. The van der Waals surface area contributed by atoms with Gasteiger partial charge in [0.15, 0.2) is 5.65 Å². The Kier molecular flexibility index (Phi) is 3.35. The van der Waals surface area contributed by atoms with E-state index in [4.69, 9.17) is 11.6 Å². The highest BCUT2D eigenvalue weighted by Gasteiger charge is 2.14. The monoisotopic (exact) mass is 320 g/mol. The molecule has 0 aliphatic rings. The van der Waals surface area contributed by atoms with Gasteiger partial charge in [0, 0.05) is 11.5 Å². The summed E-state index contributed by atoms with van der Waals surface area (Å²) in [4.78, 5) is 34.6. The fourth-order valence-corrected chi connectivity index (χ4v) is 2.43. The number of aromatic amines is 1. The predicted octanol–water partition coefficient (Wildman–Crippen LogP) is 0.931. The summed E-state index contributed by atoms with van der Waals surface area (Å²) in [5.41, 5.74) is 0.498. The van der Waals surface area contributed by atoms with Crippen molar-refractivity contribution in [1.82, 2.24) is 19.5 Å². The van der Waals surface area contributed by atoms with Crippen molar-refractivity contribution in [3.8, 4) is 5.69 Å². The van der Waals surface area contributed by atoms with Crippen molar-refractivity contribution >= 4 is 37.2 Å². The summed E-state index contributed by atoms with van der Waals surface area (Å²) in [5, 5.41) is 1.09. The Morgan fingerprint density at radius 2 is 2.14 bits per heavy atom. The van der Waals surface area contributed by atoms with Crippen LogP contribution in [0.4, 0.5) is 0 Å². The number of hydrogen-bond donors (Lipinski definition) is 1. The SMILES string of the molecule is Cc1ccncc1-n1c(=O)[nH]c(=O)c2cc(P)c(Cl)nc21. The number of H-pyrrole nitrogens is 1. The van der Waals surface area contributed by atoms with Crippen LogP contribution < -0.4 is 16.6 Å². The normalized spacial score (nSPS) is 11.0. The zero-order valence-electron chi connectivity index (χ0n) is 10.9. The van der Waals surface area contributed by atoms with Crippen LogP contribution in [0, 0.1) is 6.92 Å². The summed E-state index contributed by atoms with van der Waals surface area (Å²) in [6.45, 7) is 1.84. The lowest BCUT2D eigenvalue weighted by atomic mass is 10.2. The summed E-state index contributed by atoms with van der Waals surface area (Å²) >= 11 is 6.02. The molecule has 3 aromatic heterocycles. The molecular weight excluding hydrogens is 311 g/mol. The summed E-state index contributed by atoms with van der Waals surface area (Å²) in [6.07, 6.45) is 3.16. The number of halogens is 1. The van der Waals surface area contributed by atoms with Crippen molar-refractivity contribution < 1.29 is 0 Å². The third-order valence-corrected chi connectivity index (χ3v) is 4.04. The number of pyridine rings is 2. The second kappa shape index (κ2) is 5.06. The van der Waals surface area contributed by atoms with Crippen LogP contribution in [0.1, 0.15) is 5.56 Å². The molecule has 1 unspecified atom stereocenters. The van der Waals surface area contributed by atoms with Gasteiger partial charge in [0.05, 0.1) is 17.3 Å². The number of fused-ring (bicyclic) bond motifs is 1. The first-order valence-electron chi connectivity index (χ1n) is 6.01. The summed E-state index contributed by atoms with van der Waals surface area (Å²) in [6, 6.07) is 3.35. The molecule has 3 heterocycles. The van der Waals surface area contributed by atoms with Crippen LogP contribution >= 0.6 is 20.8 Å². The molecule has 0 aliphatic carbocycles. The third-order valence-electron chi connectivity index (χ3n) is 3.12. The van der Waals surface area contributed by atoms with Crippen molar-refractivity contribution in [3.05, 3.63) is 56.1 Å². The fourth-order valence-electron chi connectivity index (χ4n) is 2.06. The minimum Gasteiger partial charge on any atom is -0.273 e. The number of nitrogens with one attached hydrogen (secondary N) is 1. The van der Waals surface area contributed by atoms with Crippen LogP contribution in [0.15, 0.2) is 34.1 Å². The minimum absolute atomic E-state index is 0.205. The van der Waals surface area contributed by atoms with Crippen LogP contribution in [0.25, 0.3) is 16.7 Å². The summed E-state index contributed by atoms with van der Waals surface area (Å²) in [5.74, 6) is 0. The molecule has 0 bridgehead atoms. The molecule has 0 amide bonds. The Balaban J connectivity index is 2.54. The van der Waals surface area contributed by atoms with E-state index in [1.165, 1.54) is 4.57 Å². The van der Waals surface area contributed by atoms with Gasteiger partial charge < -0.3 is 0 Å². The van der Waals surface area contributed by atoms with E-state index in [0.717, 1.165) is 5.56 Å². The highest BCUT2D eigenvalue weighted by molar-refractivity contribution is 7.28. The number of hydrogen-bond acceptors (Lipinski definition) is 4. The molecule has 0 radical (unpaired) electrons. The Labute approximate surface area is 126 Å². The Bertz CT molecular complexity index is 980. The molecule has 1 N–H and O–H groups in total. The zero-order valence-corrected chi connectivity index (χ0v) is 12.8. The largest absolute Gasteiger partial charge is 0.334 e. The van der Waals surface area contributed by atoms with E-state index in [9.17, 15) is 9.59 Å². The van der Waals surface area contributed by atoms with Gasteiger partial charge in [0.25, 0.3) is 5.56 Å². The smallest absolute Gasteiger partial charge is 0.273 e. The van der Waals surface area contributed by atoms with Crippen molar-refractivity contribution in [3.63, 3.8) is 0 Å². The van der Waals surface area contributed by atoms with Crippen molar-refractivity contribution in [2.24, 2.45) is 0 Å². The average molecular weight is 321 g/mol. The molecule has 0 saturated carbocycles. The van der Waals surface area contributed by atoms with E-state index in [-0.39, 0.29) is 16.2 Å². The maximum Gasteiger partial charge on any atom is 0.334 e. The number of rotatable bonds is 1. The average Bonchev–Trinajstić information content (AvgIpc) is 2.43. The zero-order chi connectivity index (χ0) is 15.1. The fraction of sp³-hybridized carbons (Fsp3) is 0.0769. The standard InChI is InChI=1S/C13H10ClN4O2P/c1-6-2-3-15-5-8(6)18-11-7(12(19)17-13(18)20)4-9(21)10(14)16-11/h2-5H,21H2,1H3,(H,17,19,20). The van der Waals surface area contributed by atoms with Crippen molar-refractivity contribution in [1.29, 1.82) is 0 Å². The number of aryl methyl sites for hydroxylation is 1. The lowest BCUT2D eigenvalue weighted by Gasteiger charge is -2.11. The molecule has 3 aromatic rings. The minimum atomic E-state index is -0.580. The molecule has 21 heavy (non-hydrogen) atoms. The highest BCUT2D eigenvalue weighted by Crippen LogP contribution is 2.16. The molecule has 0 spiro atoms. The molecule has 0 aromatic carbocycles. The quantitative estimate of drug-likeness (QED) is 0.534. The van der Waals surface area contributed by atoms with Crippen LogP contribution in [0.3, 0.4) is 0 Å². The Hall–Kier alpha value is -2.04. The van der Waals surface area contributed by atoms with Gasteiger partial charge in [0.1, 0.15) is 5.15 Å². The molecule has 106 valence electrons. The summed E-state index contributed by atoms with van der Waals surface area (Å²) in [7, 11) is 2.40. The van der Waals surface area contributed by atoms with E-state index in [1.54, 1.807) is 24.5 Å². The van der Waals surface area contributed by atoms with Gasteiger partial charge in [-0.25, -0.2) is 14.3 Å². The van der Waals surface area contributed by atoms with Crippen molar-refractivity contribution in [2.75, 3.05) is 0 Å². The van der Waals surface area contributed by atoms with Gasteiger partial charge in [-0.2, -0.15) is 0 Å². The maximum absolute atomic E-state index is 12.2. The van der Waals surface area contributed by atoms with Gasteiger partial charge in [-0.05, 0) is 24.6 Å². The predicted molar refractivity (Wildman–Crippen MR) is 84.8 cm³/mol. The van der Waals surface area contributed by atoms with Gasteiger partial charge in [0.2, 0.25) is 0 Å². The first kappa shape index (κ1) is 13.9. The number of nitrogens with zero attached hydrogens (tertiary/aromatic N) is 3. The lowest BCUT2D eigenvalue weighted by Crippen LogP contribution is -2.31. The van der Waals surface area contributed by atoms with Gasteiger partial charge >= 0.3 is 5.69 Å². The molecule has 0 aliphatic heterocycles. The third kappa shape index (κ3) is 2.26. The second-order valence-electron chi connectivity index (χ2n) is 4.50. The lowest BCUT2D eigenvalue weighted by molar-refractivity contribution is 0.912. The molecule has 0 fully saturated rings. The van der Waals surface area contributed by atoms with E-state index < -0.39 is 11.2 Å².